The van der Waals surface area contributed by atoms with Crippen molar-refractivity contribution >= 4 is 17.7 Å². The topological polar surface area (TPSA) is 71.5 Å². The van der Waals surface area contributed by atoms with Gasteiger partial charge in [-0.1, -0.05) is 18.2 Å². The Hall–Kier alpha value is -2.89. The molecule has 2 amide bonds. The lowest BCUT2D eigenvalue weighted by atomic mass is 10.2. The highest BCUT2D eigenvalue weighted by atomic mass is 16.6. The summed E-state index contributed by atoms with van der Waals surface area (Å²) in [6.45, 7) is 0. The third-order valence-corrected chi connectivity index (χ3v) is 2.59. The summed E-state index contributed by atoms with van der Waals surface area (Å²) in [5.41, 5.74) is 0.779. The van der Waals surface area contributed by atoms with Gasteiger partial charge in [0, 0.05) is 20.3 Å². The summed E-state index contributed by atoms with van der Waals surface area (Å²) < 4.78 is 5.09. The molecule has 2 rings (SSSR count). The zero-order valence-corrected chi connectivity index (χ0v) is 11.7. The number of anilines is 1. The minimum atomic E-state index is -0.641. The van der Waals surface area contributed by atoms with E-state index in [0.29, 0.717) is 17.0 Å². The number of benzene rings is 1. The predicted molar refractivity (Wildman–Crippen MR) is 78.3 cm³/mol. The molecule has 1 N–H and O–H groups in total. The molecular weight excluding hydrogens is 270 g/mol. The maximum atomic E-state index is 11.8. The highest BCUT2D eigenvalue weighted by Crippen LogP contribution is 2.12. The Morgan fingerprint density at radius 3 is 2.52 bits per heavy atom. The lowest BCUT2D eigenvalue weighted by Gasteiger charge is -2.11. The van der Waals surface area contributed by atoms with E-state index < -0.39 is 6.09 Å². The van der Waals surface area contributed by atoms with Gasteiger partial charge in [-0.05, 0) is 18.2 Å². The van der Waals surface area contributed by atoms with Crippen molar-refractivity contribution < 1.29 is 14.3 Å². The second-order valence-electron chi connectivity index (χ2n) is 4.49. The predicted octanol–water partition coefficient (Wildman–Crippen LogP) is 2.39. The first-order valence-corrected chi connectivity index (χ1v) is 6.27. The van der Waals surface area contributed by atoms with Gasteiger partial charge in [-0.3, -0.25) is 15.1 Å². The first-order valence-electron chi connectivity index (χ1n) is 6.27. The minimum Gasteiger partial charge on any atom is -0.410 e. The molecule has 0 radical (unpaired) electrons. The first-order chi connectivity index (χ1) is 10.1. The van der Waals surface area contributed by atoms with Gasteiger partial charge in [0.1, 0.15) is 5.75 Å². The standard InChI is InChI=1S/C15H15N3O3/c1-18(2)14(19)11-8-12(10-16-9-11)17-15(20)21-13-6-4-3-5-7-13/h3-10H,1-2H3,(H,17,20). The minimum absolute atomic E-state index is 0.192. The summed E-state index contributed by atoms with van der Waals surface area (Å²) >= 11 is 0. The number of rotatable bonds is 3. The van der Waals surface area contributed by atoms with Crippen molar-refractivity contribution in [2.75, 3.05) is 19.4 Å². The van der Waals surface area contributed by atoms with E-state index in [0.717, 1.165) is 0 Å². The molecule has 0 saturated carbocycles. The van der Waals surface area contributed by atoms with Gasteiger partial charge in [-0.2, -0.15) is 0 Å². The van der Waals surface area contributed by atoms with Crippen molar-refractivity contribution in [1.29, 1.82) is 0 Å². The molecule has 21 heavy (non-hydrogen) atoms. The normalized spacial score (nSPS) is 9.81. The smallest absolute Gasteiger partial charge is 0.410 e. The molecule has 2 aromatic rings. The first kappa shape index (κ1) is 14.5. The van der Waals surface area contributed by atoms with Crippen molar-refractivity contribution in [2.45, 2.75) is 0 Å². The van der Waals surface area contributed by atoms with Gasteiger partial charge in [0.2, 0.25) is 0 Å². The zero-order valence-electron chi connectivity index (χ0n) is 11.7. The fourth-order valence-electron chi connectivity index (χ4n) is 1.62. The molecule has 0 aliphatic carbocycles. The lowest BCUT2D eigenvalue weighted by Crippen LogP contribution is -2.22. The maximum absolute atomic E-state index is 11.8. The van der Waals surface area contributed by atoms with Crippen LogP contribution in [0.15, 0.2) is 48.8 Å². The van der Waals surface area contributed by atoms with E-state index >= 15 is 0 Å². The van der Waals surface area contributed by atoms with Gasteiger partial charge in [0.15, 0.2) is 0 Å². The summed E-state index contributed by atoms with van der Waals surface area (Å²) in [5.74, 6) is 0.242. The van der Waals surface area contributed by atoms with Crippen LogP contribution in [0.1, 0.15) is 10.4 Å². The van der Waals surface area contributed by atoms with Gasteiger partial charge in [0.05, 0.1) is 17.4 Å². The largest absolute Gasteiger partial charge is 0.417 e. The van der Waals surface area contributed by atoms with Crippen LogP contribution in [0.3, 0.4) is 0 Å². The van der Waals surface area contributed by atoms with E-state index in [-0.39, 0.29) is 5.91 Å². The van der Waals surface area contributed by atoms with Crippen LogP contribution in [0.5, 0.6) is 5.75 Å². The summed E-state index contributed by atoms with van der Waals surface area (Å²) in [6.07, 6.45) is 2.24. The van der Waals surface area contributed by atoms with Crippen LogP contribution in [-0.2, 0) is 0 Å². The number of amides is 2. The molecule has 1 aromatic carbocycles. The van der Waals surface area contributed by atoms with Gasteiger partial charge < -0.3 is 9.64 Å². The SMILES string of the molecule is CN(C)C(=O)c1cncc(NC(=O)Oc2ccccc2)c1. The average molecular weight is 285 g/mol. The fourth-order valence-corrected chi connectivity index (χ4v) is 1.62. The molecule has 0 aliphatic rings. The van der Waals surface area contributed by atoms with Gasteiger partial charge in [0.25, 0.3) is 5.91 Å². The van der Waals surface area contributed by atoms with Crippen molar-refractivity contribution in [3.8, 4) is 5.75 Å². The number of hydrogen-bond donors (Lipinski definition) is 1. The van der Waals surface area contributed by atoms with Crippen molar-refractivity contribution in [3.63, 3.8) is 0 Å². The summed E-state index contributed by atoms with van der Waals surface area (Å²) in [7, 11) is 3.29. The molecule has 1 heterocycles. The molecule has 0 atom stereocenters. The van der Waals surface area contributed by atoms with Crippen LogP contribution in [0, 0.1) is 0 Å². The number of carbonyl (C=O) groups is 2. The second kappa shape index (κ2) is 6.51. The number of pyridine rings is 1. The van der Waals surface area contributed by atoms with E-state index in [1.165, 1.54) is 17.3 Å². The monoisotopic (exact) mass is 285 g/mol. The Labute approximate surface area is 122 Å². The maximum Gasteiger partial charge on any atom is 0.417 e. The molecule has 0 saturated heterocycles. The summed E-state index contributed by atoms with van der Waals surface area (Å²) in [6, 6.07) is 10.2. The van der Waals surface area contributed by atoms with Crippen molar-refractivity contribution in [1.82, 2.24) is 9.88 Å². The van der Waals surface area contributed by atoms with Gasteiger partial charge in [-0.25, -0.2) is 4.79 Å². The number of carbonyl (C=O) groups excluding carboxylic acids is 2. The van der Waals surface area contributed by atoms with E-state index in [2.05, 4.69) is 10.3 Å². The molecule has 0 spiro atoms. The number of nitrogens with one attached hydrogen (secondary N) is 1. The van der Waals surface area contributed by atoms with E-state index in [9.17, 15) is 9.59 Å². The third-order valence-electron chi connectivity index (χ3n) is 2.59. The van der Waals surface area contributed by atoms with Crippen LogP contribution < -0.4 is 10.1 Å². The molecule has 1 aromatic heterocycles. The fraction of sp³-hybridized carbons (Fsp3) is 0.133. The number of para-hydroxylation sites is 1. The number of nitrogens with zero attached hydrogens (tertiary/aromatic N) is 2. The second-order valence-corrected chi connectivity index (χ2v) is 4.49. The molecule has 6 nitrogen and oxygen atoms in total. The Morgan fingerprint density at radius 2 is 1.86 bits per heavy atom. The molecule has 0 aliphatic heterocycles. The van der Waals surface area contributed by atoms with Crippen LogP contribution >= 0.6 is 0 Å². The molecular formula is C15H15N3O3. The van der Waals surface area contributed by atoms with Crippen LogP contribution in [0.4, 0.5) is 10.5 Å². The van der Waals surface area contributed by atoms with E-state index in [1.54, 1.807) is 44.4 Å². The van der Waals surface area contributed by atoms with Crippen LogP contribution in [0.2, 0.25) is 0 Å². The van der Waals surface area contributed by atoms with Crippen molar-refractivity contribution in [2.24, 2.45) is 0 Å². The molecule has 0 unspecified atom stereocenters. The molecule has 108 valence electrons. The zero-order chi connectivity index (χ0) is 15.2. The Kier molecular flexibility index (Phi) is 4.50. The Morgan fingerprint density at radius 1 is 1.14 bits per heavy atom. The highest BCUT2D eigenvalue weighted by molar-refractivity contribution is 5.95. The van der Waals surface area contributed by atoms with E-state index in [4.69, 9.17) is 4.74 Å². The number of hydrogen-bond acceptors (Lipinski definition) is 4. The Bertz CT molecular complexity index is 642. The molecule has 6 heteroatoms. The van der Waals surface area contributed by atoms with Gasteiger partial charge in [-0.15, -0.1) is 0 Å². The average Bonchev–Trinajstić information content (AvgIpc) is 2.47. The molecule has 0 fully saturated rings. The van der Waals surface area contributed by atoms with E-state index in [1.807, 2.05) is 6.07 Å². The van der Waals surface area contributed by atoms with Crippen molar-refractivity contribution in [3.05, 3.63) is 54.4 Å². The quantitative estimate of drug-likeness (QED) is 0.940. The van der Waals surface area contributed by atoms with Crippen LogP contribution in [0.25, 0.3) is 0 Å². The summed E-state index contributed by atoms with van der Waals surface area (Å²) in [5, 5.41) is 2.53. The number of ether oxygens (including phenoxy) is 1. The number of aromatic nitrogens is 1. The highest BCUT2D eigenvalue weighted by Gasteiger charge is 2.11. The molecule has 0 bridgehead atoms. The van der Waals surface area contributed by atoms with Gasteiger partial charge >= 0.3 is 6.09 Å². The Balaban J connectivity index is 2.04. The van der Waals surface area contributed by atoms with Crippen LogP contribution in [-0.4, -0.2) is 36.0 Å². The third kappa shape index (κ3) is 4.04. The summed E-state index contributed by atoms with van der Waals surface area (Å²) in [4.78, 5) is 28.9. The lowest BCUT2D eigenvalue weighted by molar-refractivity contribution is 0.0827.